The minimum absolute atomic E-state index is 0.152. The monoisotopic (exact) mass is 690 g/mol. The molecule has 210 valence electrons. The van der Waals surface area contributed by atoms with Crippen molar-refractivity contribution < 1.29 is 14.3 Å². The molecule has 3 aliphatic carbocycles. The molecule has 5 aromatic rings. The maximum absolute atomic E-state index is 13.8. The molecule has 5 aromatic carbocycles. The first-order valence-electron chi connectivity index (χ1n) is 14.2. The van der Waals surface area contributed by atoms with E-state index in [1.807, 2.05) is 54.6 Å². The summed E-state index contributed by atoms with van der Waals surface area (Å²) >= 11 is 7.28. The number of hydrazone groups is 1. The molecule has 2 bridgehead atoms. The van der Waals surface area contributed by atoms with E-state index < -0.39 is 11.8 Å². The summed E-state index contributed by atoms with van der Waals surface area (Å²) in [6.45, 7) is 0.401. The average molecular weight is 692 g/mol. The molecule has 1 aliphatic heterocycles. The second kappa shape index (κ2) is 10.3. The smallest absolute Gasteiger partial charge is 0.254 e. The molecule has 0 saturated carbocycles. The number of imide groups is 1. The fourth-order valence-electron chi connectivity index (χ4n) is 7.26. The highest BCUT2D eigenvalue weighted by Crippen LogP contribution is 2.61. The molecule has 0 radical (unpaired) electrons. The van der Waals surface area contributed by atoms with Crippen LogP contribution in [0, 0.1) is 11.8 Å². The summed E-state index contributed by atoms with van der Waals surface area (Å²) in [5.41, 5.74) is 6.39. The van der Waals surface area contributed by atoms with E-state index in [9.17, 15) is 9.59 Å². The third kappa shape index (κ3) is 4.13. The van der Waals surface area contributed by atoms with Gasteiger partial charge in [-0.2, -0.15) is 10.1 Å². The van der Waals surface area contributed by atoms with Gasteiger partial charge in [-0.15, -0.1) is 0 Å². The zero-order valence-electron chi connectivity index (χ0n) is 22.8. The highest BCUT2D eigenvalue weighted by molar-refractivity contribution is 9.11. The highest BCUT2D eigenvalue weighted by Gasteiger charge is 2.61. The van der Waals surface area contributed by atoms with E-state index in [2.05, 4.69) is 85.5 Å². The second-order valence-electron chi connectivity index (χ2n) is 11.2. The number of hydrogen-bond acceptors (Lipinski definition) is 4. The third-order valence-corrected chi connectivity index (χ3v) is 10.2. The predicted octanol–water partition coefficient (Wildman–Crippen LogP) is 8.17. The molecule has 1 saturated heterocycles. The van der Waals surface area contributed by atoms with Crippen molar-refractivity contribution in [2.24, 2.45) is 16.9 Å². The van der Waals surface area contributed by atoms with Crippen LogP contribution >= 0.6 is 31.9 Å². The molecule has 0 aromatic heterocycles. The van der Waals surface area contributed by atoms with Crippen molar-refractivity contribution in [2.75, 3.05) is 0 Å². The Morgan fingerprint density at radius 2 is 1.21 bits per heavy atom. The largest absolute Gasteiger partial charge is 0.487 e. The molecule has 5 nitrogen and oxygen atoms in total. The van der Waals surface area contributed by atoms with Gasteiger partial charge in [-0.25, -0.2) is 0 Å². The van der Waals surface area contributed by atoms with Gasteiger partial charge in [0.2, 0.25) is 0 Å². The molecule has 2 amide bonds. The lowest BCUT2D eigenvalue weighted by Gasteiger charge is -2.45. The van der Waals surface area contributed by atoms with Crippen molar-refractivity contribution >= 4 is 60.7 Å². The minimum Gasteiger partial charge on any atom is -0.487 e. The van der Waals surface area contributed by atoms with E-state index in [1.165, 1.54) is 5.39 Å². The number of carbonyl (C=O) groups is 2. The summed E-state index contributed by atoms with van der Waals surface area (Å²) in [5.74, 6) is -1.03. The van der Waals surface area contributed by atoms with Crippen molar-refractivity contribution in [1.29, 1.82) is 0 Å². The van der Waals surface area contributed by atoms with Gasteiger partial charge in [-0.3, -0.25) is 9.59 Å². The number of benzene rings is 5. The zero-order chi connectivity index (χ0) is 29.2. The number of ether oxygens (including phenoxy) is 1. The van der Waals surface area contributed by atoms with Gasteiger partial charge >= 0.3 is 0 Å². The molecule has 1 fully saturated rings. The van der Waals surface area contributed by atoms with Crippen LogP contribution in [0.25, 0.3) is 10.8 Å². The van der Waals surface area contributed by atoms with Gasteiger partial charge in [0.15, 0.2) is 0 Å². The molecule has 0 spiro atoms. The lowest BCUT2D eigenvalue weighted by molar-refractivity contribution is -0.139. The predicted molar refractivity (Wildman–Crippen MR) is 173 cm³/mol. The maximum atomic E-state index is 13.8. The summed E-state index contributed by atoms with van der Waals surface area (Å²) in [6.07, 6.45) is 1.57. The highest BCUT2D eigenvalue weighted by atomic mass is 79.9. The molecule has 0 N–H and O–H groups in total. The Balaban J connectivity index is 1.06. The van der Waals surface area contributed by atoms with Gasteiger partial charge in [0.05, 0.1) is 27.0 Å². The minimum atomic E-state index is -0.456. The maximum Gasteiger partial charge on any atom is 0.254 e. The van der Waals surface area contributed by atoms with Gasteiger partial charge in [0.25, 0.3) is 11.8 Å². The van der Waals surface area contributed by atoms with E-state index in [4.69, 9.17) is 4.74 Å². The van der Waals surface area contributed by atoms with Gasteiger partial charge in [0.1, 0.15) is 12.4 Å². The number of fused-ring (bicyclic) bond motifs is 1. The number of halogens is 2. The van der Waals surface area contributed by atoms with Crippen LogP contribution in [-0.4, -0.2) is 23.0 Å². The summed E-state index contributed by atoms with van der Waals surface area (Å²) < 4.78 is 7.70. The normalized spacial score (nSPS) is 21.8. The van der Waals surface area contributed by atoms with Crippen LogP contribution in [0.2, 0.25) is 0 Å². The van der Waals surface area contributed by atoms with E-state index in [1.54, 1.807) is 6.21 Å². The van der Waals surface area contributed by atoms with Crippen molar-refractivity contribution in [1.82, 2.24) is 5.01 Å². The van der Waals surface area contributed by atoms with Crippen LogP contribution in [0.3, 0.4) is 0 Å². The third-order valence-electron chi connectivity index (χ3n) is 9.02. The average Bonchev–Trinajstić information content (AvgIpc) is 3.28. The fourth-order valence-corrected chi connectivity index (χ4v) is 8.71. The molecule has 4 aliphatic rings. The Labute approximate surface area is 265 Å². The SMILES string of the molecule is O=C1[C@@H]2C3c4ccccc4C(c4ccccc43)[C@@H]2C(=O)N1/N=C\c1cc(Br)c(OCc2cccc3ccccc23)c(Br)c1. The number of nitrogens with zero attached hydrogens (tertiary/aromatic N) is 2. The second-order valence-corrected chi connectivity index (χ2v) is 12.9. The molecular weight excluding hydrogens is 668 g/mol. The molecule has 7 heteroatoms. The first-order valence-corrected chi connectivity index (χ1v) is 15.8. The van der Waals surface area contributed by atoms with Crippen LogP contribution in [0.1, 0.15) is 45.2 Å². The molecule has 43 heavy (non-hydrogen) atoms. The molecule has 1 heterocycles. The summed E-state index contributed by atoms with van der Waals surface area (Å²) in [7, 11) is 0. The Kier molecular flexibility index (Phi) is 6.35. The number of hydrogen-bond donors (Lipinski definition) is 0. The van der Waals surface area contributed by atoms with Crippen LogP contribution < -0.4 is 4.74 Å². The van der Waals surface area contributed by atoms with Gasteiger partial charge < -0.3 is 4.74 Å². The molecule has 9 rings (SSSR count). The Bertz CT molecular complexity index is 1860. The Hall–Kier alpha value is -4.07. The lowest BCUT2D eigenvalue weighted by atomic mass is 9.55. The summed E-state index contributed by atoms with van der Waals surface area (Å²) in [4.78, 5) is 27.7. The van der Waals surface area contributed by atoms with Crippen molar-refractivity contribution in [3.05, 3.63) is 145 Å². The summed E-state index contributed by atoms with van der Waals surface area (Å²) in [6, 6.07) is 34.6. The molecule has 2 atom stereocenters. The van der Waals surface area contributed by atoms with Crippen LogP contribution in [0.5, 0.6) is 5.75 Å². The van der Waals surface area contributed by atoms with Crippen molar-refractivity contribution in [3.8, 4) is 5.75 Å². The van der Waals surface area contributed by atoms with E-state index in [0.717, 1.165) is 52.7 Å². The Morgan fingerprint density at radius 1 is 0.698 bits per heavy atom. The first kappa shape index (κ1) is 26.5. The number of carbonyl (C=O) groups excluding carboxylic acids is 2. The van der Waals surface area contributed by atoms with E-state index >= 15 is 0 Å². The summed E-state index contributed by atoms with van der Waals surface area (Å²) in [5, 5.41) is 7.89. The molecular formula is C36H24Br2N2O3. The van der Waals surface area contributed by atoms with Crippen LogP contribution in [0.4, 0.5) is 0 Å². The topological polar surface area (TPSA) is 59.0 Å². The van der Waals surface area contributed by atoms with Gasteiger partial charge in [-0.1, -0.05) is 91.0 Å². The standard InChI is InChI=1S/C36H24Br2N2O3/c37-28-16-20(17-29(38)34(28)43-19-22-10-7-9-21-8-1-2-11-23(21)22)18-39-40-35(41)32-30-24-12-3-4-13-25(24)31(33(32)36(40)42)27-15-6-5-14-26(27)30/h1-18,30-33H,19H2/b39-18-/t30?,31?,32-,33+. The van der Waals surface area contributed by atoms with E-state index in [-0.39, 0.29) is 23.7 Å². The van der Waals surface area contributed by atoms with Crippen LogP contribution in [0.15, 0.2) is 117 Å². The van der Waals surface area contributed by atoms with Gasteiger partial charge in [0, 0.05) is 11.8 Å². The van der Waals surface area contributed by atoms with Crippen LogP contribution in [-0.2, 0) is 16.2 Å². The van der Waals surface area contributed by atoms with Gasteiger partial charge in [-0.05, 0) is 88.1 Å². The fraction of sp³-hybridized carbons (Fsp3) is 0.139. The Morgan fingerprint density at radius 3 is 1.79 bits per heavy atom. The lowest BCUT2D eigenvalue weighted by Crippen LogP contribution is -2.41. The molecule has 0 unspecified atom stereocenters. The van der Waals surface area contributed by atoms with Crippen molar-refractivity contribution in [2.45, 2.75) is 18.4 Å². The zero-order valence-corrected chi connectivity index (χ0v) is 26.0. The van der Waals surface area contributed by atoms with E-state index in [0.29, 0.717) is 12.4 Å². The van der Waals surface area contributed by atoms with Crippen molar-refractivity contribution in [3.63, 3.8) is 0 Å². The quantitative estimate of drug-likeness (QED) is 0.138. The number of rotatable bonds is 5. The first-order chi connectivity index (χ1) is 21.0. The number of amides is 2.